The third kappa shape index (κ3) is 7.44. The van der Waals surface area contributed by atoms with Crippen LogP contribution in [0.5, 0.6) is 0 Å². The van der Waals surface area contributed by atoms with E-state index in [1.54, 1.807) is 0 Å². The second-order valence-electron chi connectivity index (χ2n) is 15.8. The van der Waals surface area contributed by atoms with Crippen LogP contribution >= 0.6 is 0 Å². The van der Waals surface area contributed by atoms with Crippen molar-refractivity contribution in [2.45, 2.75) is 80.1 Å². The molecule has 0 nitrogen and oxygen atoms in total. The van der Waals surface area contributed by atoms with E-state index in [0.29, 0.717) is 5.92 Å². The van der Waals surface area contributed by atoms with Crippen LogP contribution in [0.4, 0.5) is 0 Å². The average Bonchev–Trinajstić information content (AvgIpc) is 3.53. The first-order valence-corrected chi connectivity index (χ1v) is 16.2. The molecule has 241 valence electrons. The first kappa shape index (κ1) is 39.0. The van der Waals surface area contributed by atoms with E-state index in [1.807, 2.05) is 0 Å². The van der Waals surface area contributed by atoms with Gasteiger partial charge in [0.05, 0.1) is 0 Å². The molecule has 1 atom stereocenters. The second kappa shape index (κ2) is 14.2. The Morgan fingerprint density at radius 1 is 0.638 bits per heavy atom. The molecular formula is C44H47Cl2Zr. The maximum absolute atomic E-state index is 3.98. The molecule has 1 radical (unpaired) electrons. The maximum Gasteiger partial charge on any atom is 3.00 e. The minimum Gasteiger partial charge on any atom is -1.00 e. The van der Waals surface area contributed by atoms with Gasteiger partial charge in [-0.05, 0) is 55.2 Å². The minimum absolute atomic E-state index is 0. The van der Waals surface area contributed by atoms with Gasteiger partial charge in [-0.3, -0.25) is 0 Å². The molecule has 0 saturated heterocycles. The Balaban J connectivity index is 0.00000200. The molecule has 0 fully saturated rings. The van der Waals surface area contributed by atoms with Crippen LogP contribution in [0.25, 0.3) is 17.2 Å². The van der Waals surface area contributed by atoms with Crippen LogP contribution < -0.4 is 35.3 Å². The standard InChI is InChI=1S/C44H47.2ClH.Zr/c1-28-23-33(43(5,6)7)26-34(28)40-37-24-31-21-22-32(42(2,3)4)25-35(31)36(37)27-38(44(8,9)10)41(40)39(29-17-13-11-14-18-29)30-19-15-12-16-20-30;;;/h11-23,25-28H,1-10H3;2*1H;/q-1;;;+3/p-2. The zero-order valence-corrected chi connectivity index (χ0v) is 33.5. The number of fused-ring (bicyclic) bond motifs is 2. The van der Waals surface area contributed by atoms with Crippen LogP contribution in [0, 0.1) is 21.8 Å². The van der Waals surface area contributed by atoms with Crippen LogP contribution in [0.15, 0.2) is 103 Å². The van der Waals surface area contributed by atoms with Gasteiger partial charge in [-0.2, -0.15) is 0 Å². The van der Waals surface area contributed by atoms with E-state index in [4.69, 9.17) is 0 Å². The molecule has 47 heavy (non-hydrogen) atoms. The van der Waals surface area contributed by atoms with Crippen LogP contribution in [0.2, 0.25) is 0 Å². The van der Waals surface area contributed by atoms with Gasteiger partial charge in [0.2, 0.25) is 0 Å². The molecule has 4 aromatic carbocycles. The Labute approximate surface area is 314 Å². The van der Waals surface area contributed by atoms with Crippen molar-refractivity contribution in [2.24, 2.45) is 11.3 Å². The van der Waals surface area contributed by atoms with Gasteiger partial charge in [-0.1, -0.05) is 177 Å². The van der Waals surface area contributed by atoms with E-state index in [2.05, 4.69) is 172 Å². The van der Waals surface area contributed by atoms with Gasteiger partial charge in [0.15, 0.2) is 0 Å². The van der Waals surface area contributed by atoms with Crippen molar-refractivity contribution in [3.05, 3.63) is 157 Å². The van der Waals surface area contributed by atoms with Crippen molar-refractivity contribution in [1.29, 1.82) is 0 Å². The summed E-state index contributed by atoms with van der Waals surface area (Å²) in [5.74, 6) is 0.297. The summed E-state index contributed by atoms with van der Waals surface area (Å²) < 4.78 is 0. The fraction of sp³-hybridized carbons (Fsp3) is 0.318. The maximum atomic E-state index is 3.98. The summed E-state index contributed by atoms with van der Waals surface area (Å²) in [4.78, 5) is 0. The molecule has 0 aliphatic heterocycles. The molecule has 0 aromatic heterocycles. The normalized spacial score (nSPS) is 15.1. The second-order valence-corrected chi connectivity index (χ2v) is 15.8. The molecule has 3 heteroatoms. The van der Waals surface area contributed by atoms with E-state index < -0.39 is 0 Å². The molecular weight excluding hydrogens is 691 g/mol. The predicted molar refractivity (Wildman–Crippen MR) is 189 cm³/mol. The van der Waals surface area contributed by atoms with Crippen molar-refractivity contribution in [3.63, 3.8) is 0 Å². The molecule has 0 amide bonds. The van der Waals surface area contributed by atoms with Gasteiger partial charge >= 0.3 is 26.2 Å². The van der Waals surface area contributed by atoms with Gasteiger partial charge < -0.3 is 24.8 Å². The fourth-order valence-electron chi connectivity index (χ4n) is 6.78. The number of halogens is 2. The van der Waals surface area contributed by atoms with Crippen LogP contribution in [-0.2, 0) is 37.0 Å². The van der Waals surface area contributed by atoms with Crippen LogP contribution in [0.3, 0.4) is 0 Å². The van der Waals surface area contributed by atoms with E-state index in [9.17, 15) is 0 Å². The van der Waals surface area contributed by atoms with E-state index in [0.717, 1.165) is 0 Å². The first-order valence-electron chi connectivity index (χ1n) is 16.2. The largest absolute Gasteiger partial charge is 3.00 e. The fourth-order valence-corrected chi connectivity index (χ4v) is 6.78. The molecule has 6 rings (SSSR count). The summed E-state index contributed by atoms with van der Waals surface area (Å²) in [6.45, 7) is 23.4. The van der Waals surface area contributed by atoms with E-state index in [-0.39, 0.29) is 67.3 Å². The molecule has 2 aliphatic rings. The van der Waals surface area contributed by atoms with Crippen molar-refractivity contribution in [2.75, 3.05) is 0 Å². The molecule has 0 saturated carbocycles. The van der Waals surface area contributed by atoms with Crippen molar-refractivity contribution >= 4 is 17.2 Å². The van der Waals surface area contributed by atoms with Crippen molar-refractivity contribution in [3.8, 4) is 0 Å². The molecule has 4 aromatic rings. The van der Waals surface area contributed by atoms with Crippen molar-refractivity contribution in [1.82, 2.24) is 0 Å². The topological polar surface area (TPSA) is 0 Å². The van der Waals surface area contributed by atoms with Gasteiger partial charge in [-0.15, -0.1) is 33.4 Å². The molecule has 0 spiro atoms. The summed E-state index contributed by atoms with van der Waals surface area (Å²) in [7, 11) is 0. The quantitative estimate of drug-likeness (QED) is 0.247. The summed E-state index contributed by atoms with van der Waals surface area (Å²) in [5, 5.41) is 5.16. The molecule has 2 aliphatic carbocycles. The zero-order valence-electron chi connectivity index (χ0n) is 29.6. The van der Waals surface area contributed by atoms with Crippen LogP contribution in [0.1, 0.15) is 103 Å². The average molecular weight is 738 g/mol. The number of benzene rings is 4. The first-order chi connectivity index (χ1) is 20.6. The number of allylic oxidation sites excluding steroid dienone is 4. The Morgan fingerprint density at radius 3 is 1.66 bits per heavy atom. The van der Waals surface area contributed by atoms with Gasteiger partial charge in [0, 0.05) is 0 Å². The number of hydrogen-bond acceptors (Lipinski definition) is 0. The Bertz CT molecular complexity index is 2010. The predicted octanol–water partition coefficient (Wildman–Crippen LogP) is 3.85. The smallest absolute Gasteiger partial charge is 1.00 e. The monoisotopic (exact) mass is 735 g/mol. The number of rotatable bonds is 3. The SMILES string of the molecule is CC1C=C(C(C)(C)C)C=C1c1c2c(cc(C(C)(C)C)c1=C(c1ccccc1)c1ccccc1)=c1cc(C(C)(C)C)ccc1=[C-]2.[Cl-].[Cl-].[Zr+3]. The molecule has 1 unspecified atom stereocenters. The minimum atomic E-state index is -0.0962. The molecule has 0 heterocycles. The van der Waals surface area contributed by atoms with Crippen LogP contribution in [-0.4, -0.2) is 0 Å². The summed E-state index contributed by atoms with van der Waals surface area (Å²) in [6, 6.07) is 31.5. The Kier molecular flexibility index (Phi) is 11.8. The Hall–Kier alpha value is -2.44. The van der Waals surface area contributed by atoms with E-state index >= 15 is 0 Å². The Morgan fingerprint density at radius 2 is 1.19 bits per heavy atom. The zero-order chi connectivity index (χ0) is 31.6. The van der Waals surface area contributed by atoms with E-state index in [1.165, 1.54) is 71.0 Å². The summed E-state index contributed by atoms with van der Waals surface area (Å²) in [6.07, 6.45) is 8.96. The van der Waals surface area contributed by atoms with Gasteiger partial charge in [-0.25, -0.2) is 0 Å². The van der Waals surface area contributed by atoms with Crippen molar-refractivity contribution < 1.29 is 51.0 Å². The third-order valence-corrected chi connectivity index (χ3v) is 9.33. The molecule has 0 N–H and O–H groups in total. The summed E-state index contributed by atoms with van der Waals surface area (Å²) >= 11 is 0. The van der Waals surface area contributed by atoms with Gasteiger partial charge in [0.1, 0.15) is 0 Å². The number of hydrogen-bond donors (Lipinski definition) is 0. The van der Waals surface area contributed by atoms with Gasteiger partial charge in [0.25, 0.3) is 0 Å². The third-order valence-electron chi connectivity index (χ3n) is 9.33. The summed E-state index contributed by atoms with van der Waals surface area (Å²) in [5.41, 5.74) is 11.9. The molecule has 0 bridgehead atoms.